The van der Waals surface area contributed by atoms with Gasteiger partial charge in [-0.05, 0) is 62.4 Å². The molecule has 6 nitrogen and oxygen atoms in total. The van der Waals surface area contributed by atoms with Gasteiger partial charge in [0, 0.05) is 37.2 Å². The molecule has 0 fully saturated rings. The van der Waals surface area contributed by atoms with Crippen LogP contribution in [-0.4, -0.2) is 29.9 Å². The minimum Gasteiger partial charge on any atom is -0.261 e. The highest BCUT2D eigenvalue weighted by molar-refractivity contribution is 5.45. The van der Waals surface area contributed by atoms with Gasteiger partial charge in [-0.3, -0.25) is 29.9 Å². The predicted octanol–water partition coefficient (Wildman–Crippen LogP) is 4.77. The van der Waals surface area contributed by atoms with Crippen molar-refractivity contribution < 1.29 is 0 Å². The molecule has 0 aliphatic heterocycles. The summed E-state index contributed by atoms with van der Waals surface area (Å²) in [5.74, 6) is 0. The molecule has 0 saturated heterocycles. The SMILES string of the molecule is CC(c1ccccn1)(c1ccccn1)c1cccc([C@](C)(c2ccccn2)c2cnccn2)n1. The molecule has 5 heterocycles. The Kier molecular flexibility index (Phi) is 5.64. The first-order chi connectivity index (χ1) is 16.6. The van der Waals surface area contributed by atoms with E-state index in [0.29, 0.717) is 0 Å². The second kappa shape index (κ2) is 8.90. The minimum absolute atomic E-state index is 0.661. The average Bonchev–Trinajstić information content (AvgIpc) is 2.94. The quantitative estimate of drug-likeness (QED) is 0.376. The number of pyridine rings is 4. The molecule has 0 radical (unpaired) electrons. The van der Waals surface area contributed by atoms with E-state index < -0.39 is 10.8 Å². The molecule has 6 heteroatoms. The lowest BCUT2D eigenvalue weighted by Gasteiger charge is -2.32. The van der Waals surface area contributed by atoms with Crippen LogP contribution in [0, 0.1) is 0 Å². The van der Waals surface area contributed by atoms with Crippen LogP contribution in [0.5, 0.6) is 0 Å². The van der Waals surface area contributed by atoms with E-state index in [2.05, 4.69) is 28.8 Å². The van der Waals surface area contributed by atoms with E-state index >= 15 is 0 Å². The largest absolute Gasteiger partial charge is 0.261 e. The van der Waals surface area contributed by atoms with Gasteiger partial charge in [0.1, 0.15) is 0 Å². The molecule has 0 unspecified atom stereocenters. The third-order valence-electron chi connectivity index (χ3n) is 6.38. The zero-order valence-corrected chi connectivity index (χ0v) is 19.1. The summed E-state index contributed by atoms with van der Waals surface area (Å²) in [7, 11) is 0. The molecule has 34 heavy (non-hydrogen) atoms. The summed E-state index contributed by atoms with van der Waals surface area (Å²) in [5, 5.41) is 0. The Balaban J connectivity index is 1.74. The van der Waals surface area contributed by atoms with Crippen LogP contribution >= 0.6 is 0 Å². The van der Waals surface area contributed by atoms with Crippen LogP contribution < -0.4 is 0 Å². The van der Waals surface area contributed by atoms with Crippen molar-refractivity contribution in [2.75, 3.05) is 0 Å². The van der Waals surface area contributed by atoms with Crippen LogP contribution in [0.15, 0.2) is 110 Å². The zero-order valence-electron chi connectivity index (χ0n) is 19.1. The number of hydrogen-bond donors (Lipinski definition) is 0. The van der Waals surface area contributed by atoms with Crippen molar-refractivity contribution in [3.63, 3.8) is 0 Å². The monoisotopic (exact) mass is 444 g/mol. The van der Waals surface area contributed by atoms with E-state index in [1.807, 2.05) is 72.8 Å². The summed E-state index contributed by atoms with van der Waals surface area (Å²) in [6.07, 6.45) is 10.5. The Morgan fingerprint density at radius 3 is 1.29 bits per heavy atom. The second-order valence-corrected chi connectivity index (χ2v) is 8.39. The van der Waals surface area contributed by atoms with Gasteiger partial charge in [0.15, 0.2) is 0 Å². The first-order valence-electron chi connectivity index (χ1n) is 11.1. The number of aromatic nitrogens is 6. The predicted molar refractivity (Wildman–Crippen MR) is 130 cm³/mol. The van der Waals surface area contributed by atoms with Crippen molar-refractivity contribution in [2.24, 2.45) is 0 Å². The summed E-state index contributed by atoms with van der Waals surface area (Å²) >= 11 is 0. The van der Waals surface area contributed by atoms with Crippen molar-refractivity contribution in [3.8, 4) is 0 Å². The first-order valence-corrected chi connectivity index (χ1v) is 11.1. The molecular weight excluding hydrogens is 420 g/mol. The minimum atomic E-state index is -0.708. The number of rotatable bonds is 6. The second-order valence-electron chi connectivity index (χ2n) is 8.39. The Hall–Kier alpha value is -4.32. The summed E-state index contributed by atoms with van der Waals surface area (Å²) in [6.45, 7) is 4.20. The first kappa shape index (κ1) is 21.5. The highest BCUT2D eigenvalue weighted by Gasteiger charge is 2.39. The van der Waals surface area contributed by atoms with Gasteiger partial charge < -0.3 is 0 Å². The van der Waals surface area contributed by atoms with Crippen LogP contribution in [0.4, 0.5) is 0 Å². The van der Waals surface area contributed by atoms with Crippen LogP contribution in [0.1, 0.15) is 48.0 Å². The summed E-state index contributed by atoms with van der Waals surface area (Å²) in [5.41, 5.74) is 3.66. The Labute approximate surface area is 198 Å². The maximum Gasteiger partial charge on any atom is 0.0954 e. The lowest BCUT2D eigenvalue weighted by molar-refractivity contribution is 0.580. The summed E-state index contributed by atoms with van der Waals surface area (Å²) in [6, 6.07) is 23.8. The van der Waals surface area contributed by atoms with E-state index in [1.54, 1.807) is 37.2 Å². The van der Waals surface area contributed by atoms with Gasteiger partial charge in [-0.2, -0.15) is 0 Å². The van der Waals surface area contributed by atoms with Crippen LogP contribution in [0.3, 0.4) is 0 Å². The maximum atomic E-state index is 5.23. The van der Waals surface area contributed by atoms with Gasteiger partial charge in [-0.15, -0.1) is 0 Å². The van der Waals surface area contributed by atoms with Crippen LogP contribution in [-0.2, 0) is 10.8 Å². The van der Waals surface area contributed by atoms with Crippen molar-refractivity contribution in [1.82, 2.24) is 29.9 Å². The van der Waals surface area contributed by atoms with Crippen LogP contribution in [0.2, 0.25) is 0 Å². The molecule has 5 aromatic rings. The van der Waals surface area contributed by atoms with Gasteiger partial charge in [-0.25, -0.2) is 0 Å². The van der Waals surface area contributed by atoms with E-state index in [4.69, 9.17) is 15.0 Å². The summed E-state index contributed by atoms with van der Waals surface area (Å²) in [4.78, 5) is 28.3. The van der Waals surface area contributed by atoms with E-state index in [0.717, 1.165) is 34.2 Å². The van der Waals surface area contributed by atoms with Crippen molar-refractivity contribution in [1.29, 1.82) is 0 Å². The van der Waals surface area contributed by atoms with Gasteiger partial charge in [0.2, 0.25) is 0 Å². The molecule has 0 spiro atoms. The molecule has 166 valence electrons. The van der Waals surface area contributed by atoms with Crippen molar-refractivity contribution in [2.45, 2.75) is 24.7 Å². The maximum absolute atomic E-state index is 5.23. The van der Waals surface area contributed by atoms with Gasteiger partial charge in [0.25, 0.3) is 0 Å². The fourth-order valence-electron chi connectivity index (χ4n) is 4.31. The van der Waals surface area contributed by atoms with E-state index in [9.17, 15) is 0 Å². The fourth-order valence-corrected chi connectivity index (χ4v) is 4.31. The fraction of sp³-hybridized carbons (Fsp3) is 0.143. The van der Waals surface area contributed by atoms with Gasteiger partial charge in [0.05, 0.1) is 45.0 Å². The zero-order chi connectivity index (χ0) is 23.4. The smallest absolute Gasteiger partial charge is 0.0954 e. The molecule has 0 aliphatic carbocycles. The van der Waals surface area contributed by atoms with Crippen LogP contribution in [0.25, 0.3) is 0 Å². The van der Waals surface area contributed by atoms with Gasteiger partial charge >= 0.3 is 0 Å². The molecule has 0 aliphatic rings. The normalized spacial score (nSPS) is 13.2. The van der Waals surface area contributed by atoms with Gasteiger partial charge in [-0.1, -0.05) is 24.3 Å². The molecule has 5 rings (SSSR count). The topological polar surface area (TPSA) is 77.3 Å². The highest BCUT2D eigenvalue weighted by atomic mass is 14.9. The Morgan fingerprint density at radius 2 is 0.882 bits per heavy atom. The van der Waals surface area contributed by atoms with Crippen molar-refractivity contribution in [3.05, 3.63) is 144 Å². The third-order valence-corrected chi connectivity index (χ3v) is 6.38. The number of nitrogens with zero attached hydrogens (tertiary/aromatic N) is 6. The molecular formula is C28H24N6. The summed E-state index contributed by atoms with van der Waals surface area (Å²) < 4.78 is 0. The highest BCUT2D eigenvalue weighted by Crippen LogP contribution is 2.39. The van der Waals surface area contributed by atoms with E-state index in [1.165, 1.54) is 0 Å². The molecule has 0 aromatic carbocycles. The lowest BCUT2D eigenvalue weighted by atomic mass is 9.76. The standard InChI is InChI=1S/C28H24N6/c1-27(21-10-3-6-15-30-21,22-11-4-7-16-31-22)24-13-9-14-25(34-24)28(2,23-12-5-8-17-32-23)26-20-29-18-19-33-26/h3-20H,1-2H3/t28-/m0/s1. The molecule has 0 bridgehead atoms. The molecule has 1 atom stereocenters. The molecule has 0 N–H and O–H groups in total. The van der Waals surface area contributed by atoms with Crippen molar-refractivity contribution >= 4 is 0 Å². The Bertz CT molecular complexity index is 1180. The van der Waals surface area contributed by atoms with E-state index in [-0.39, 0.29) is 0 Å². The molecule has 5 aromatic heterocycles. The molecule has 0 amide bonds. The molecule has 0 saturated carbocycles. The lowest BCUT2D eigenvalue weighted by Crippen LogP contribution is -2.33. The third kappa shape index (κ3) is 3.63. The Morgan fingerprint density at radius 1 is 0.441 bits per heavy atom. The average molecular weight is 445 g/mol. The number of hydrogen-bond acceptors (Lipinski definition) is 6.